The van der Waals surface area contributed by atoms with Crippen LogP contribution >= 0.6 is 0 Å². The number of carboxylic acids is 1. The second kappa shape index (κ2) is 7.11. The van der Waals surface area contributed by atoms with Gasteiger partial charge in [0.2, 0.25) is 5.91 Å². The van der Waals surface area contributed by atoms with Crippen molar-refractivity contribution < 1.29 is 14.7 Å². The molecule has 116 valence electrons. The van der Waals surface area contributed by atoms with Gasteiger partial charge in [0.05, 0.1) is 6.42 Å². The number of nitrogen functional groups attached to an aromatic ring is 1. The maximum Gasteiger partial charge on any atom is 0.305 e. The number of nitrogens with two attached hydrogens (primary N) is 1. The van der Waals surface area contributed by atoms with Gasteiger partial charge in [0.25, 0.3) is 0 Å². The third kappa shape index (κ3) is 5.45. The molecule has 5 nitrogen and oxygen atoms in total. The van der Waals surface area contributed by atoms with Gasteiger partial charge < -0.3 is 15.7 Å². The van der Waals surface area contributed by atoms with Gasteiger partial charge in [0, 0.05) is 24.2 Å². The predicted molar refractivity (Wildman–Crippen MR) is 82.9 cm³/mol. The SMILES string of the molecule is CC(C)(C)N(CCC(=O)O)C(=O)CCc1ccccc1N. The van der Waals surface area contributed by atoms with Crippen LogP contribution in [0.2, 0.25) is 0 Å². The second-order valence-electron chi connectivity index (χ2n) is 6.06. The Morgan fingerprint density at radius 2 is 1.81 bits per heavy atom. The number of hydrogen-bond acceptors (Lipinski definition) is 3. The molecule has 0 aliphatic heterocycles. The van der Waals surface area contributed by atoms with Crippen molar-refractivity contribution in [1.82, 2.24) is 4.90 Å². The summed E-state index contributed by atoms with van der Waals surface area (Å²) in [7, 11) is 0. The number of aliphatic carboxylic acids is 1. The van der Waals surface area contributed by atoms with Crippen LogP contribution in [0.25, 0.3) is 0 Å². The van der Waals surface area contributed by atoms with Crippen LogP contribution in [0, 0.1) is 0 Å². The average Bonchev–Trinajstić information content (AvgIpc) is 2.36. The van der Waals surface area contributed by atoms with E-state index in [0.717, 1.165) is 5.56 Å². The van der Waals surface area contributed by atoms with Gasteiger partial charge in [-0.15, -0.1) is 0 Å². The summed E-state index contributed by atoms with van der Waals surface area (Å²) in [5.74, 6) is -0.948. The van der Waals surface area contributed by atoms with Crippen molar-refractivity contribution in [2.45, 2.75) is 45.6 Å². The zero-order valence-electron chi connectivity index (χ0n) is 12.9. The first-order valence-electron chi connectivity index (χ1n) is 7.07. The van der Waals surface area contributed by atoms with Gasteiger partial charge in [-0.1, -0.05) is 18.2 Å². The summed E-state index contributed by atoms with van der Waals surface area (Å²) in [6.45, 7) is 5.94. The molecular weight excluding hydrogens is 268 g/mol. The lowest BCUT2D eigenvalue weighted by Crippen LogP contribution is -2.46. The molecule has 0 saturated carbocycles. The molecule has 0 bridgehead atoms. The molecule has 1 rings (SSSR count). The van der Waals surface area contributed by atoms with Crippen molar-refractivity contribution >= 4 is 17.6 Å². The molecule has 0 saturated heterocycles. The van der Waals surface area contributed by atoms with Crippen LogP contribution in [-0.2, 0) is 16.0 Å². The first-order valence-corrected chi connectivity index (χ1v) is 7.07. The van der Waals surface area contributed by atoms with Crippen LogP contribution in [0.15, 0.2) is 24.3 Å². The molecule has 0 aliphatic carbocycles. The van der Waals surface area contributed by atoms with Crippen LogP contribution in [-0.4, -0.2) is 34.0 Å². The number of para-hydroxylation sites is 1. The number of benzene rings is 1. The first kappa shape index (κ1) is 17.0. The minimum absolute atomic E-state index is 0.0452. The quantitative estimate of drug-likeness (QED) is 0.788. The highest BCUT2D eigenvalue weighted by molar-refractivity contribution is 5.78. The van der Waals surface area contributed by atoms with E-state index in [1.54, 1.807) is 4.90 Å². The summed E-state index contributed by atoms with van der Waals surface area (Å²) < 4.78 is 0. The number of rotatable bonds is 6. The van der Waals surface area contributed by atoms with Gasteiger partial charge in [-0.3, -0.25) is 9.59 Å². The van der Waals surface area contributed by atoms with E-state index in [2.05, 4.69) is 0 Å². The topological polar surface area (TPSA) is 83.6 Å². The summed E-state index contributed by atoms with van der Waals surface area (Å²) in [6.07, 6.45) is 0.840. The molecule has 0 fully saturated rings. The summed E-state index contributed by atoms with van der Waals surface area (Å²) in [5.41, 5.74) is 7.09. The molecular formula is C16H24N2O3. The van der Waals surface area contributed by atoms with Crippen LogP contribution in [0.5, 0.6) is 0 Å². The molecule has 0 heterocycles. The Labute approximate surface area is 125 Å². The Balaban J connectivity index is 2.69. The Morgan fingerprint density at radius 3 is 2.33 bits per heavy atom. The Bertz CT molecular complexity index is 506. The molecule has 5 heteroatoms. The summed E-state index contributed by atoms with van der Waals surface area (Å²) in [6, 6.07) is 7.46. The standard InChI is InChI=1S/C16H24N2O3/c1-16(2,3)18(11-10-15(20)21)14(19)9-8-12-6-4-5-7-13(12)17/h4-7H,8-11,17H2,1-3H3,(H,20,21). The van der Waals surface area contributed by atoms with Crippen molar-refractivity contribution in [3.05, 3.63) is 29.8 Å². The maximum atomic E-state index is 12.4. The van der Waals surface area contributed by atoms with E-state index in [1.807, 2.05) is 45.0 Å². The third-order valence-electron chi connectivity index (χ3n) is 3.32. The highest BCUT2D eigenvalue weighted by Crippen LogP contribution is 2.18. The number of carboxylic acid groups (broad SMARTS) is 1. The molecule has 1 aromatic rings. The van der Waals surface area contributed by atoms with Crippen LogP contribution in [0.3, 0.4) is 0 Å². The zero-order chi connectivity index (χ0) is 16.0. The fourth-order valence-corrected chi connectivity index (χ4v) is 2.18. The van der Waals surface area contributed by atoms with Crippen molar-refractivity contribution in [3.8, 4) is 0 Å². The van der Waals surface area contributed by atoms with Crippen LogP contribution in [0.4, 0.5) is 5.69 Å². The first-order chi connectivity index (χ1) is 9.71. The molecule has 3 N–H and O–H groups in total. The van der Waals surface area contributed by atoms with Crippen LogP contribution in [0.1, 0.15) is 39.2 Å². The molecule has 0 aromatic heterocycles. The molecule has 21 heavy (non-hydrogen) atoms. The average molecular weight is 292 g/mol. The summed E-state index contributed by atoms with van der Waals surface area (Å²) >= 11 is 0. The van der Waals surface area contributed by atoms with E-state index in [9.17, 15) is 9.59 Å². The maximum absolute atomic E-state index is 12.4. The van der Waals surface area contributed by atoms with Gasteiger partial charge in [0.1, 0.15) is 0 Å². The smallest absolute Gasteiger partial charge is 0.305 e. The lowest BCUT2D eigenvalue weighted by Gasteiger charge is -2.35. The number of carbonyl (C=O) groups excluding carboxylic acids is 1. The Morgan fingerprint density at radius 1 is 1.19 bits per heavy atom. The minimum atomic E-state index is -0.899. The molecule has 0 radical (unpaired) electrons. The lowest BCUT2D eigenvalue weighted by molar-refractivity contribution is -0.140. The number of anilines is 1. The van der Waals surface area contributed by atoms with E-state index < -0.39 is 11.5 Å². The fraction of sp³-hybridized carbons (Fsp3) is 0.500. The van der Waals surface area contributed by atoms with Crippen molar-refractivity contribution in [3.63, 3.8) is 0 Å². The highest BCUT2D eigenvalue weighted by Gasteiger charge is 2.26. The number of hydrogen-bond donors (Lipinski definition) is 2. The summed E-state index contributed by atoms with van der Waals surface area (Å²) in [5, 5.41) is 8.80. The van der Waals surface area contributed by atoms with Crippen molar-refractivity contribution in [1.29, 1.82) is 0 Å². The van der Waals surface area contributed by atoms with Crippen molar-refractivity contribution in [2.75, 3.05) is 12.3 Å². The zero-order valence-corrected chi connectivity index (χ0v) is 12.9. The third-order valence-corrected chi connectivity index (χ3v) is 3.32. The highest BCUT2D eigenvalue weighted by atomic mass is 16.4. The number of aryl methyl sites for hydroxylation is 1. The molecule has 1 amide bonds. The Kier molecular flexibility index (Phi) is 5.76. The molecule has 1 aromatic carbocycles. The van der Waals surface area contributed by atoms with Gasteiger partial charge in [-0.2, -0.15) is 0 Å². The van der Waals surface area contributed by atoms with E-state index in [0.29, 0.717) is 18.5 Å². The molecule has 0 atom stereocenters. The van der Waals surface area contributed by atoms with Crippen LogP contribution < -0.4 is 5.73 Å². The van der Waals surface area contributed by atoms with Gasteiger partial charge in [-0.05, 0) is 38.8 Å². The number of nitrogens with zero attached hydrogens (tertiary/aromatic N) is 1. The van der Waals surface area contributed by atoms with Gasteiger partial charge in [0.15, 0.2) is 0 Å². The lowest BCUT2D eigenvalue weighted by atomic mass is 10.0. The fourth-order valence-electron chi connectivity index (χ4n) is 2.18. The van der Waals surface area contributed by atoms with Gasteiger partial charge in [-0.25, -0.2) is 0 Å². The number of amides is 1. The largest absolute Gasteiger partial charge is 0.481 e. The monoisotopic (exact) mass is 292 g/mol. The molecule has 0 aliphatic rings. The van der Waals surface area contributed by atoms with Crippen molar-refractivity contribution in [2.24, 2.45) is 0 Å². The van der Waals surface area contributed by atoms with E-state index in [4.69, 9.17) is 10.8 Å². The molecule has 0 unspecified atom stereocenters. The van der Waals surface area contributed by atoms with E-state index >= 15 is 0 Å². The number of carbonyl (C=O) groups is 2. The normalized spacial score (nSPS) is 11.2. The Hall–Kier alpha value is -2.04. The molecule has 0 spiro atoms. The van der Waals surface area contributed by atoms with Gasteiger partial charge >= 0.3 is 5.97 Å². The van der Waals surface area contributed by atoms with E-state index in [1.165, 1.54) is 0 Å². The van der Waals surface area contributed by atoms with E-state index in [-0.39, 0.29) is 18.9 Å². The summed E-state index contributed by atoms with van der Waals surface area (Å²) in [4.78, 5) is 24.7. The minimum Gasteiger partial charge on any atom is -0.481 e. The second-order valence-corrected chi connectivity index (χ2v) is 6.06. The predicted octanol–water partition coefficient (Wildman–Crippen LogP) is 2.30.